The minimum atomic E-state index is -0.309. The van der Waals surface area contributed by atoms with Crippen LogP contribution in [-0.2, 0) is 6.42 Å². The molecular weight excluding hydrogens is 379 g/mol. The van der Waals surface area contributed by atoms with E-state index in [4.69, 9.17) is 0 Å². The van der Waals surface area contributed by atoms with Crippen molar-refractivity contribution in [1.29, 1.82) is 0 Å². The van der Waals surface area contributed by atoms with Gasteiger partial charge in [-0.3, -0.25) is 4.79 Å². The number of carbonyl (C=O) groups is 1. The topological polar surface area (TPSA) is 66.9 Å². The summed E-state index contributed by atoms with van der Waals surface area (Å²) < 4.78 is 13.2. The highest BCUT2D eigenvalue weighted by molar-refractivity contribution is 6.03. The number of hydrogen-bond donors (Lipinski definition) is 2. The number of fused-ring (bicyclic) bond motifs is 1. The quantitative estimate of drug-likeness (QED) is 0.569. The van der Waals surface area contributed by atoms with Crippen molar-refractivity contribution in [3.63, 3.8) is 0 Å². The highest BCUT2D eigenvalue weighted by Gasteiger charge is 2.35. The SMILES string of the molecule is Cc1ccc(Nc2nc(Nc3ccc(F)cc3)nc3c2C(=O)CC(C)(C)C3)c(C)c1. The number of aromatic nitrogens is 2. The van der Waals surface area contributed by atoms with Crippen LogP contribution in [0.15, 0.2) is 42.5 Å². The second-order valence-corrected chi connectivity index (χ2v) is 8.73. The van der Waals surface area contributed by atoms with E-state index in [-0.39, 0.29) is 17.0 Å². The monoisotopic (exact) mass is 404 g/mol. The number of Topliss-reactive ketones (excluding diaryl/α,β-unsaturated/α-hetero) is 1. The van der Waals surface area contributed by atoms with Gasteiger partial charge in [0.2, 0.25) is 5.95 Å². The van der Waals surface area contributed by atoms with Crippen molar-refractivity contribution in [2.45, 2.75) is 40.5 Å². The van der Waals surface area contributed by atoms with Crippen LogP contribution in [0.1, 0.15) is 47.4 Å². The predicted molar refractivity (Wildman–Crippen MR) is 117 cm³/mol. The smallest absolute Gasteiger partial charge is 0.229 e. The molecule has 0 spiro atoms. The molecule has 2 aromatic carbocycles. The molecule has 1 aliphatic rings. The van der Waals surface area contributed by atoms with Gasteiger partial charge < -0.3 is 10.6 Å². The molecule has 0 atom stereocenters. The van der Waals surface area contributed by atoms with Crippen molar-refractivity contribution < 1.29 is 9.18 Å². The van der Waals surface area contributed by atoms with E-state index in [1.165, 1.54) is 17.7 Å². The van der Waals surface area contributed by atoms with E-state index in [2.05, 4.69) is 40.5 Å². The van der Waals surface area contributed by atoms with Crippen LogP contribution in [0.5, 0.6) is 0 Å². The van der Waals surface area contributed by atoms with Crippen LogP contribution in [0, 0.1) is 25.1 Å². The molecule has 0 amide bonds. The van der Waals surface area contributed by atoms with E-state index in [0.29, 0.717) is 35.9 Å². The Morgan fingerprint density at radius 2 is 1.70 bits per heavy atom. The molecule has 0 saturated carbocycles. The Balaban J connectivity index is 1.78. The van der Waals surface area contributed by atoms with Crippen molar-refractivity contribution in [2.75, 3.05) is 10.6 Å². The fraction of sp³-hybridized carbons (Fsp3) is 0.292. The van der Waals surface area contributed by atoms with Gasteiger partial charge in [-0.05, 0) is 61.6 Å². The maximum absolute atomic E-state index is 13.2. The summed E-state index contributed by atoms with van der Waals surface area (Å²) in [6, 6.07) is 12.1. The van der Waals surface area contributed by atoms with Gasteiger partial charge in [0.05, 0.1) is 11.3 Å². The van der Waals surface area contributed by atoms with Gasteiger partial charge in [-0.25, -0.2) is 9.37 Å². The first-order chi connectivity index (χ1) is 14.2. The lowest BCUT2D eigenvalue weighted by Gasteiger charge is -2.30. The average molecular weight is 404 g/mol. The van der Waals surface area contributed by atoms with Gasteiger partial charge >= 0.3 is 0 Å². The summed E-state index contributed by atoms with van der Waals surface area (Å²) in [7, 11) is 0. The standard InChI is InChI=1S/C24H25FN4O/c1-14-5-10-18(15(2)11-14)27-22-21-19(12-24(3,4)13-20(21)30)28-23(29-22)26-17-8-6-16(25)7-9-17/h5-11H,12-13H2,1-4H3,(H2,26,27,28,29). The van der Waals surface area contributed by atoms with Gasteiger partial charge in [-0.1, -0.05) is 31.5 Å². The maximum atomic E-state index is 13.2. The number of rotatable bonds is 4. The highest BCUT2D eigenvalue weighted by Crippen LogP contribution is 2.38. The number of hydrogen-bond acceptors (Lipinski definition) is 5. The Morgan fingerprint density at radius 3 is 2.40 bits per heavy atom. The second-order valence-electron chi connectivity index (χ2n) is 8.73. The largest absolute Gasteiger partial charge is 0.339 e. The van der Waals surface area contributed by atoms with Gasteiger partial charge in [-0.2, -0.15) is 4.98 Å². The average Bonchev–Trinajstić information content (AvgIpc) is 2.64. The third-order valence-corrected chi connectivity index (χ3v) is 5.28. The molecule has 1 aliphatic carbocycles. The van der Waals surface area contributed by atoms with Crippen LogP contribution in [0.3, 0.4) is 0 Å². The molecule has 1 heterocycles. The lowest BCUT2D eigenvalue weighted by molar-refractivity contribution is 0.0911. The molecule has 0 unspecified atom stereocenters. The zero-order chi connectivity index (χ0) is 21.5. The Labute approximate surface area is 175 Å². The van der Waals surface area contributed by atoms with Crippen LogP contribution < -0.4 is 10.6 Å². The van der Waals surface area contributed by atoms with Gasteiger partial charge in [0.1, 0.15) is 11.6 Å². The molecular formula is C24H25FN4O. The summed E-state index contributed by atoms with van der Waals surface area (Å²) in [5.74, 6) is 0.605. The van der Waals surface area contributed by atoms with Crippen LogP contribution >= 0.6 is 0 Å². The Morgan fingerprint density at radius 1 is 0.967 bits per heavy atom. The third-order valence-electron chi connectivity index (χ3n) is 5.28. The molecule has 2 N–H and O–H groups in total. The molecule has 0 radical (unpaired) electrons. The first-order valence-corrected chi connectivity index (χ1v) is 10.0. The molecule has 3 aromatic rings. The summed E-state index contributed by atoms with van der Waals surface area (Å²) >= 11 is 0. The Bertz CT molecular complexity index is 1120. The van der Waals surface area contributed by atoms with Crippen molar-refractivity contribution in [3.05, 3.63) is 70.7 Å². The lowest BCUT2D eigenvalue weighted by atomic mass is 9.75. The summed E-state index contributed by atoms with van der Waals surface area (Å²) in [5.41, 5.74) is 4.92. The number of nitrogens with one attached hydrogen (secondary N) is 2. The Hall–Kier alpha value is -3.28. The second kappa shape index (κ2) is 7.52. The molecule has 0 aliphatic heterocycles. The van der Waals surface area contributed by atoms with Crippen molar-refractivity contribution in [1.82, 2.24) is 9.97 Å². The van der Waals surface area contributed by atoms with E-state index >= 15 is 0 Å². The number of anilines is 4. The minimum Gasteiger partial charge on any atom is -0.339 e. The van der Waals surface area contributed by atoms with E-state index in [1.807, 2.05) is 26.0 Å². The number of ketones is 1. The van der Waals surface area contributed by atoms with Crippen LogP contribution in [0.25, 0.3) is 0 Å². The Kier molecular flexibility index (Phi) is 5.02. The van der Waals surface area contributed by atoms with E-state index in [9.17, 15) is 9.18 Å². The van der Waals surface area contributed by atoms with Gasteiger partial charge in [0.15, 0.2) is 5.78 Å². The summed E-state index contributed by atoms with van der Waals surface area (Å²) in [4.78, 5) is 22.2. The fourth-order valence-corrected chi connectivity index (χ4v) is 3.86. The molecule has 30 heavy (non-hydrogen) atoms. The molecule has 1 aromatic heterocycles. The summed E-state index contributed by atoms with van der Waals surface area (Å²) in [6.07, 6.45) is 1.13. The molecule has 6 heteroatoms. The van der Waals surface area contributed by atoms with E-state index in [0.717, 1.165) is 16.9 Å². The normalized spacial score (nSPS) is 14.9. The number of halogens is 1. The lowest BCUT2D eigenvalue weighted by Crippen LogP contribution is -2.29. The van der Waals surface area contributed by atoms with Crippen molar-refractivity contribution in [3.8, 4) is 0 Å². The zero-order valence-electron chi connectivity index (χ0n) is 17.6. The minimum absolute atomic E-state index is 0.0434. The predicted octanol–water partition coefficient (Wildman–Crippen LogP) is 5.87. The molecule has 0 fully saturated rings. The first kappa shape index (κ1) is 20.0. The van der Waals surface area contributed by atoms with Crippen LogP contribution in [0.2, 0.25) is 0 Å². The number of aryl methyl sites for hydroxylation is 2. The number of benzene rings is 2. The fourth-order valence-electron chi connectivity index (χ4n) is 3.86. The molecule has 5 nitrogen and oxygen atoms in total. The van der Waals surface area contributed by atoms with Gasteiger partial charge in [0, 0.05) is 17.8 Å². The van der Waals surface area contributed by atoms with Crippen LogP contribution in [-0.4, -0.2) is 15.8 Å². The zero-order valence-corrected chi connectivity index (χ0v) is 17.6. The first-order valence-electron chi connectivity index (χ1n) is 10.0. The highest BCUT2D eigenvalue weighted by atomic mass is 19.1. The molecule has 0 bridgehead atoms. The van der Waals surface area contributed by atoms with Crippen molar-refractivity contribution >= 4 is 28.9 Å². The van der Waals surface area contributed by atoms with E-state index in [1.54, 1.807) is 12.1 Å². The summed E-state index contributed by atoms with van der Waals surface area (Å²) in [5, 5.41) is 6.48. The molecule has 0 saturated heterocycles. The summed E-state index contributed by atoms with van der Waals surface area (Å²) in [6.45, 7) is 8.20. The number of nitrogens with zero attached hydrogens (tertiary/aromatic N) is 2. The molecule has 4 rings (SSSR count). The maximum Gasteiger partial charge on any atom is 0.229 e. The van der Waals surface area contributed by atoms with Gasteiger partial charge in [0.25, 0.3) is 0 Å². The van der Waals surface area contributed by atoms with Crippen LogP contribution in [0.4, 0.5) is 27.5 Å². The van der Waals surface area contributed by atoms with Crippen molar-refractivity contribution in [2.24, 2.45) is 5.41 Å². The van der Waals surface area contributed by atoms with Gasteiger partial charge in [-0.15, -0.1) is 0 Å². The molecule has 154 valence electrons. The number of carbonyl (C=O) groups excluding carboxylic acids is 1. The third kappa shape index (κ3) is 4.17. The van der Waals surface area contributed by atoms with E-state index < -0.39 is 0 Å².